The van der Waals surface area contributed by atoms with Gasteiger partial charge in [-0.05, 0) is 52.3 Å². The fraction of sp³-hybridized carbons (Fsp3) is 0.214. The first-order valence-electron chi connectivity index (χ1n) is 5.91. The van der Waals surface area contributed by atoms with Crippen molar-refractivity contribution in [3.63, 3.8) is 0 Å². The fourth-order valence-electron chi connectivity index (χ4n) is 1.59. The topological polar surface area (TPSA) is 48.1 Å². The Morgan fingerprint density at radius 1 is 1.26 bits per heavy atom. The minimum atomic E-state index is -0.281. The summed E-state index contributed by atoms with van der Waals surface area (Å²) in [5.41, 5.74) is 7.29. The van der Waals surface area contributed by atoms with E-state index in [-0.39, 0.29) is 5.82 Å². The van der Waals surface area contributed by atoms with Gasteiger partial charge in [0, 0.05) is 12.1 Å². The van der Waals surface area contributed by atoms with E-state index in [0.717, 1.165) is 17.7 Å². The van der Waals surface area contributed by atoms with Gasteiger partial charge in [0.05, 0.1) is 10.7 Å². The molecule has 0 aliphatic carbocycles. The average molecular weight is 325 g/mol. The van der Waals surface area contributed by atoms with Crippen LogP contribution in [0.15, 0.2) is 41.0 Å². The van der Waals surface area contributed by atoms with E-state index in [4.69, 9.17) is 10.5 Å². The van der Waals surface area contributed by atoms with Crippen molar-refractivity contribution in [1.82, 2.24) is 4.98 Å². The lowest BCUT2D eigenvalue weighted by atomic mass is 10.2. The highest BCUT2D eigenvalue weighted by atomic mass is 79.9. The summed E-state index contributed by atoms with van der Waals surface area (Å²) in [6.45, 7) is 0.952. The molecule has 0 spiro atoms. The van der Waals surface area contributed by atoms with Gasteiger partial charge in [-0.1, -0.05) is 6.07 Å². The summed E-state index contributed by atoms with van der Waals surface area (Å²) in [5.74, 6) is 0.401. The normalized spacial score (nSPS) is 10.5. The van der Waals surface area contributed by atoms with Gasteiger partial charge in [0.1, 0.15) is 18.2 Å². The van der Waals surface area contributed by atoms with Crippen LogP contribution in [0.1, 0.15) is 11.3 Å². The van der Waals surface area contributed by atoms with Gasteiger partial charge in [0.2, 0.25) is 0 Å². The molecule has 0 aliphatic rings. The number of aromatic nitrogens is 1. The summed E-state index contributed by atoms with van der Waals surface area (Å²) >= 11 is 3.14. The lowest BCUT2D eigenvalue weighted by Crippen LogP contribution is -2.04. The summed E-state index contributed by atoms with van der Waals surface area (Å²) < 4.78 is 19.1. The molecule has 0 fully saturated rings. The molecule has 0 aliphatic heterocycles. The van der Waals surface area contributed by atoms with Gasteiger partial charge in [-0.3, -0.25) is 4.98 Å². The zero-order valence-corrected chi connectivity index (χ0v) is 11.9. The summed E-state index contributed by atoms with van der Waals surface area (Å²) in [4.78, 5) is 4.24. The Bertz CT molecular complexity index is 546. The number of benzene rings is 1. The fourth-order valence-corrected chi connectivity index (χ4v) is 2.01. The van der Waals surface area contributed by atoms with E-state index < -0.39 is 0 Å². The monoisotopic (exact) mass is 324 g/mol. The van der Waals surface area contributed by atoms with Crippen molar-refractivity contribution in [1.29, 1.82) is 0 Å². The largest absolute Gasteiger partial charge is 0.487 e. The molecule has 1 aromatic heterocycles. The van der Waals surface area contributed by atoms with E-state index in [9.17, 15) is 4.39 Å². The second-order valence-electron chi connectivity index (χ2n) is 4.06. The van der Waals surface area contributed by atoms with Gasteiger partial charge in [-0.15, -0.1) is 0 Å². The van der Waals surface area contributed by atoms with Gasteiger partial charge < -0.3 is 10.5 Å². The van der Waals surface area contributed by atoms with Crippen molar-refractivity contribution < 1.29 is 9.13 Å². The second-order valence-corrected chi connectivity index (χ2v) is 4.92. The molecule has 0 unspecified atom stereocenters. The lowest BCUT2D eigenvalue weighted by molar-refractivity contribution is 0.304. The molecule has 0 bridgehead atoms. The Morgan fingerprint density at radius 2 is 2.11 bits per heavy atom. The van der Waals surface area contributed by atoms with E-state index in [1.54, 1.807) is 18.3 Å². The first-order chi connectivity index (χ1) is 9.19. The van der Waals surface area contributed by atoms with E-state index >= 15 is 0 Å². The maximum Gasteiger partial charge on any atom is 0.138 e. The van der Waals surface area contributed by atoms with Crippen LogP contribution in [0.4, 0.5) is 4.39 Å². The Kier molecular flexibility index (Phi) is 4.87. The second kappa shape index (κ2) is 6.63. The van der Waals surface area contributed by atoms with Crippen molar-refractivity contribution in [3.8, 4) is 5.75 Å². The SMILES string of the molecule is NCCc1ccc(OCc2ccc(F)c(Br)c2)cn1. The zero-order valence-electron chi connectivity index (χ0n) is 10.3. The quantitative estimate of drug-likeness (QED) is 0.919. The van der Waals surface area contributed by atoms with E-state index in [1.807, 2.05) is 12.1 Å². The highest BCUT2D eigenvalue weighted by Crippen LogP contribution is 2.18. The van der Waals surface area contributed by atoms with Crippen molar-refractivity contribution >= 4 is 15.9 Å². The Labute approximate surface area is 119 Å². The molecule has 0 atom stereocenters. The smallest absolute Gasteiger partial charge is 0.138 e. The molecule has 0 radical (unpaired) electrons. The number of ether oxygens (including phenoxy) is 1. The summed E-state index contributed by atoms with van der Waals surface area (Å²) in [5, 5.41) is 0. The molecule has 2 N–H and O–H groups in total. The Morgan fingerprint density at radius 3 is 2.74 bits per heavy atom. The average Bonchev–Trinajstić information content (AvgIpc) is 2.42. The molecule has 3 nitrogen and oxygen atoms in total. The van der Waals surface area contributed by atoms with Crippen LogP contribution in [0.2, 0.25) is 0 Å². The van der Waals surface area contributed by atoms with E-state index in [0.29, 0.717) is 23.4 Å². The van der Waals surface area contributed by atoms with Gasteiger partial charge in [-0.25, -0.2) is 4.39 Å². The molecule has 100 valence electrons. The van der Waals surface area contributed by atoms with Gasteiger partial charge in [-0.2, -0.15) is 0 Å². The number of halogens is 2. The molecule has 1 aromatic carbocycles. The molecule has 1 heterocycles. The third kappa shape index (κ3) is 4.01. The number of pyridine rings is 1. The van der Waals surface area contributed by atoms with Gasteiger partial charge >= 0.3 is 0 Å². The maximum absolute atomic E-state index is 13.1. The minimum Gasteiger partial charge on any atom is -0.487 e. The van der Waals surface area contributed by atoms with Crippen LogP contribution in [0, 0.1) is 5.82 Å². The van der Waals surface area contributed by atoms with Gasteiger partial charge in [0.15, 0.2) is 0 Å². The molecule has 0 saturated heterocycles. The molecule has 0 amide bonds. The molecule has 2 aromatic rings. The van der Waals surface area contributed by atoms with E-state index in [2.05, 4.69) is 20.9 Å². The van der Waals surface area contributed by atoms with Crippen molar-refractivity contribution in [2.24, 2.45) is 5.73 Å². The van der Waals surface area contributed by atoms with Crippen LogP contribution in [0.25, 0.3) is 0 Å². The van der Waals surface area contributed by atoms with Crippen molar-refractivity contribution in [2.75, 3.05) is 6.54 Å². The predicted octanol–water partition coefficient (Wildman–Crippen LogP) is 3.06. The van der Waals surface area contributed by atoms with Crippen LogP contribution in [0.5, 0.6) is 5.75 Å². The van der Waals surface area contributed by atoms with E-state index in [1.165, 1.54) is 6.07 Å². The van der Waals surface area contributed by atoms with Crippen LogP contribution in [0.3, 0.4) is 0 Å². The third-order valence-corrected chi connectivity index (χ3v) is 3.20. The number of nitrogens with zero attached hydrogens (tertiary/aromatic N) is 1. The van der Waals surface area contributed by atoms with Crippen LogP contribution < -0.4 is 10.5 Å². The number of rotatable bonds is 5. The Hall–Kier alpha value is -1.46. The number of hydrogen-bond donors (Lipinski definition) is 1. The van der Waals surface area contributed by atoms with Crippen LogP contribution in [-0.4, -0.2) is 11.5 Å². The summed E-state index contributed by atoms with van der Waals surface area (Å²) in [6, 6.07) is 8.55. The standard InChI is InChI=1S/C14H14BrFN2O/c15-13-7-10(1-4-14(13)16)9-19-12-3-2-11(5-6-17)18-8-12/h1-4,7-8H,5-6,9,17H2. The minimum absolute atomic E-state index is 0.281. The first-order valence-corrected chi connectivity index (χ1v) is 6.70. The van der Waals surface area contributed by atoms with Crippen molar-refractivity contribution in [2.45, 2.75) is 13.0 Å². The maximum atomic E-state index is 13.1. The highest BCUT2D eigenvalue weighted by molar-refractivity contribution is 9.10. The first kappa shape index (κ1) is 14.0. The molecule has 0 saturated carbocycles. The van der Waals surface area contributed by atoms with Crippen molar-refractivity contribution in [3.05, 3.63) is 58.1 Å². The molecular weight excluding hydrogens is 311 g/mol. The zero-order chi connectivity index (χ0) is 13.7. The molecular formula is C14H14BrFN2O. The number of nitrogens with two attached hydrogens (primary N) is 1. The summed E-state index contributed by atoms with van der Waals surface area (Å²) in [6.07, 6.45) is 2.43. The van der Waals surface area contributed by atoms with Crippen LogP contribution in [-0.2, 0) is 13.0 Å². The lowest BCUT2D eigenvalue weighted by Gasteiger charge is -2.07. The molecule has 5 heteroatoms. The molecule has 2 rings (SSSR count). The highest BCUT2D eigenvalue weighted by Gasteiger charge is 2.02. The van der Waals surface area contributed by atoms with Gasteiger partial charge in [0.25, 0.3) is 0 Å². The number of hydrogen-bond acceptors (Lipinski definition) is 3. The third-order valence-electron chi connectivity index (χ3n) is 2.59. The molecule has 19 heavy (non-hydrogen) atoms. The Balaban J connectivity index is 1.96. The summed E-state index contributed by atoms with van der Waals surface area (Å²) in [7, 11) is 0. The van der Waals surface area contributed by atoms with Crippen LogP contribution >= 0.6 is 15.9 Å². The predicted molar refractivity (Wildman–Crippen MR) is 75.4 cm³/mol.